The highest BCUT2D eigenvalue weighted by atomic mass is 19.4. The predicted molar refractivity (Wildman–Crippen MR) is 120 cm³/mol. The third kappa shape index (κ3) is 5.74. The lowest BCUT2D eigenvalue weighted by atomic mass is 9.99. The van der Waals surface area contributed by atoms with Gasteiger partial charge in [0.1, 0.15) is 24.1 Å². The first-order valence-corrected chi connectivity index (χ1v) is 10.6. The highest BCUT2D eigenvalue weighted by molar-refractivity contribution is 6.02. The van der Waals surface area contributed by atoms with Gasteiger partial charge in [0.15, 0.2) is 11.6 Å². The van der Waals surface area contributed by atoms with Gasteiger partial charge in [-0.2, -0.15) is 13.2 Å². The van der Waals surface area contributed by atoms with E-state index in [4.69, 9.17) is 9.05 Å². The summed E-state index contributed by atoms with van der Waals surface area (Å²) in [6, 6.07) is 7.84. The van der Waals surface area contributed by atoms with Gasteiger partial charge in [-0.05, 0) is 24.6 Å². The second-order valence-corrected chi connectivity index (χ2v) is 7.92. The van der Waals surface area contributed by atoms with E-state index in [9.17, 15) is 22.8 Å². The van der Waals surface area contributed by atoms with Gasteiger partial charge in [0.2, 0.25) is 5.76 Å². The summed E-state index contributed by atoms with van der Waals surface area (Å²) in [6.07, 6.45) is -1.94. The molecule has 4 rings (SSSR count). The average Bonchev–Trinajstić information content (AvgIpc) is 3.52. The molecule has 0 aliphatic rings. The second kappa shape index (κ2) is 9.98. The number of Topliss-reactive ketones (excluding diaryl/α,β-unsaturated/α-hetero) is 1. The van der Waals surface area contributed by atoms with Crippen LogP contribution >= 0.6 is 0 Å². The first-order valence-electron chi connectivity index (χ1n) is 10.6. The van der Waals surface area contributed by atoms with Crippen LogP contribution in [-0.2, 0) is 6.18 Å². The molecule has 0 spiro atoms. The molecule has 1 amide bonds. The van der Waals surface area contributed by atoms with Gasteiger partial charge in [-0.25, -0.2) is 9.97 Å². The van der Waals surface area contributed by atoms with E-state index in [1.165, 1.54) is 43.8 Å². The van der Waals surface area contributed by atoms with Crippen LogP contribution < -0.4 is 10.6 Å². The fourth-order valence-electron chi connectivity index (χ4n) is 3.30. The molecular weight excluding hydrogens is 481 g/mol. The Hall–Kier alpha value is -4.55. The van der Waals surface area contributed by atoms with Gasteiger partial charge in [-0.3, -0.25) is 9.59 Å². The lowest BCUT2D eigenvalue weighted by Crippen LogP contribution is -2.13. The Morgan fingerprint density at radius 2 is 1.86 bits per heavy atom. The number of rotatable bonds is 8. The molecule has 3 heterocycles. The van der Waals surface area contributed by atoms with Crippen LogP contribution in [0.4, 0.5) is 30.5 Å². The topological polar surface area (TPSA) is 136 Å². The molecule has 0 saturated carbocycles. The first-order chi connectivity index (χ1) is 17.1. The molecule has 13 heteroatoms. The third-order valence-corrected chi connectivity index (χ3v) is 5.20. The maximum Gasteiger partial charge on any atom is 0.416 e. The number of benzene rings is 1. The maximum absolute atomic E-state index is 13.1. The second-order valence-electron chi connectivity index (χ2n) is 7.92. The van der Waals surface area contributed by atoms with Crippen LogP contribution in [0.25, 0.3) is 0 Å². The molecule has 0 saturated heterocycles. The van der Waals surface area contributed by atoms with Crippen molar-refractivity contribution < 1.29 is 31.8 Å². The van der Waals surface area contributed by atoms with Crippen molar-refractivity contribution in [1.29, 1.82) is 0 Å². The Bertz CT molecular complexity index is 1380. The molecule has 186 valence electrons. The molecule has 0 radical (unpaired) electrons. The number of nitrogens with one attached hydrogen (secondary N) is 2. The summed E-state index contributed by atoms with van der Waals surface area (Å²) in [5.41, 5.74) is -0.383. The molecule has 0 fully saturated rings. The third-order valence-electron chi connectivity index (χ3n) is 5.20. The van der Waals surface area contributed by atoms with E-state index < -0.39 is 23.6 Å². The van der Waals surface area contributed by atoms with E-state index >= 15 is 0 Å². The van der Waals surface area contributed by atoms with Crippen LogP contribution in [-0.4, -0.2) is 32.0 Å². The maximum atomic E-state index is 13.1. The van der Waals surface area contributed by atoms with Crippen LogP contribution in [0.15, 0.2) is 58.0 Å². The van der Waals surface area contributed by atoms with E-state index in [0.717, 1.165) is 6.07 Å². The molecule has 4 aromatic rings. The number of carbonyl (C=O) groups excluding carboxylic acids is 2. The lowest BCUT2D eigenvalue weighted by Gasteiger charge is -2.12. The monoisotopic (exact) mass is 500 g/mol. The number of alkyl halides is 3. The van der Waals surface area contributed by atoms with Gasteiger partial charge in [0.25, 0.3) is 5.91 Å². The highest BCUT2D eigenvalue weighted by Gasteiger charge is 2.32. The van der Waals surface area contributed by atoms with Gasteiger partial charge < -0.3 is 19.7 Å². The molecule has 1 aromatic carbocycles. The number of anilines is 3. The first kappa shape index (κ1) is 24.6. The standard InChI is InChI=1S/C23H19F3N6O4/c1-12-3-4-14(8-15(12)23(24,25)26)29-22(34)19-9-16(31-36-19)13(2)7-18(33)17-10-21(28-11-27-17)30-20-5-6-35-32-20/h3-6,8-11,13H,7H2,1-2H3,(H,29,34)(H,27,28,30,32)/t13-/m1/s1. The summed E-state index contributed by atoms with van der Waals surface area (Å²) < 4.78 is 49.2. The van der Waals surface area contributed by atoms with E-state index in [2.05, 4.69) is 30.9 Å². The molecule has 2 N–H and O–H groups in total. The van der Waals surface area contributed by atoms with Crippen molar-refractivity contribution in [3.63, 3.8) is 0 Å². The quantitative estimate of drug-likeness (QED) is 0.315. The van der Waals surface area contributed by atoms with Crippen LogP contribution in [0.5, 0.6) is 0 Å². The molecule has 3 aromatic heterocycles. The fourth-order valence-corrected chi connectivity index (χ4v) is 3.30. The molecule has 36 heavy (non-hydrogen) atoms. The normalized spacial score (nSPS) is 12.2. The summed E-state index contributed by atoms with van der Waals surface area (Å²) >= 11 is 0. The minimum Gasteiger partial charge on any atom is -0.363 e. The van der Waals surface area contributed by atoms with Crippen LogP contribution in [0.3, 0.4) is 0 Å². The largest absolute Gasteiger partial charge is 0.416 e. The number of amides is 1. The number of hydrogen-bond donors (Lipinski definition) is 2. The Balaban J connectivity index is 1.40. The molecule has 0 aliphatic carbocycles. The van der Waals surface area contributed by atoms with Crippen LogP contribution in [0.2, 0.25) is 0 Å². The molecular formula is C23H19F3N6O4. The number of hydrogen-bond acceptors (Lipinski definition) is 9. The fraction of sp³-hybridized carbons (Fsp3) is 0.217. The van der Waals surface area contributed by atoms with Crippen molar-refractivity contribution in [2.75, 3.05) is 10.6 Å². The van der Waals surface area contributed by atoms with Crippen molar-refractivity contribution in [3.8, 4) is 0 Å². The van der Waals surface area contributed by atoms with E-state index in [0.29, 0.717) is 17.3 Å². The van der Waals surface area contributed by atoms with Gasteiger partial charge >= 0.3 is 6.18 Å². The molecule has 1 atom stereocenters. The van der Waals surface area contributed by atoms with Gasteiger partial charge in [-0.15, -0.1) is 0 Å². The van der Waals surface area contributed by atoms with Crippen molar-refractivity contribution in [2.24, 2.45) is 0 Å². The summed E-state index contributed by atoms with van der Waals surface area (Å²) in [5, 5.41) is 12.8. The zero-order chi connectivity index (χ0) is 25.9. The zero-order valence-electron chi connectivity index (χ0n) is 19.0. The van der Waals surface area contributed by atoms with Crippen molar-refractivity contribution >= 4 is 29.0 Å². The number of ketones is 1. The Kier molecular flexibility index (Phi) is 6.81. The average molecular weight is 500 g/mol. The minimum absolute atomic E-state index is 0.000904. The van der Waals surface area contributed by atoms with Crippen LogP contribution in [0.1, 0.15) is 57.1 Å². The van der Waals surface area contributed by atoms with Crippen molar-refractivity contribution in [1.82, 2.24) is 20.3 Å². The molecule has 10 nitrogen and oxygen atoms in total. The summed E-state index contributed by atoms with van der Waals surface area (Å²) in [6.45, 7) is 3.04. The summed E-state index contributed by atoms with van der Waals surface area (Å²) in [5.74, 6) is -0.972. The van der Waals surface area contributed by atoms with Gasteiger partial charge in [0.05, 0.1) is 11.3 Å². The smallest absolute Gasteiger partial charge is 0.363 e. The number of aromatic nitrogens is 4. The molecule has 0 aliphatic heterocycles. The van der Waals surface area contributed by atoms with E-state index in [-0.39, 0.29) is 34.9 Å². The highest BCUT2D eigenvalue weighted by Crippen LogP contribution is 2.33. The van der Waals surface area contributed by atoms with Gasteiger partial charge in [0, 0.05) is 36.2 Å². The number of halogens is 3. The minimum atomic E-state index is -4.55. The van der Waals surface area contributed by atoms with Gasteiger partial charge in [-0.1, -0.05) is 23.3 Å². The Morgan fingerprint density at radius 3 is 2.58 bits per heavy atom. The molecule has 0 unspecified atom stereocenters. The number of aryl methyl sites for hydroxylation is 1. The van der Waals surface area contributed by atoms with E-state index in [1.54, 1.807) is 13.0 Å². The van der Waals surface area contributed by atoms with Crippen molar-refractivity contribution in [2.45, 2.75) is 32.4 Å². The Labute approximate surface area is 201 Å². The number of carbonyl (C=O) groups is 2. The predicted octanol–water partition coefficient (Wildman–Crippen LogP) is 5.15. The van der Waals surface area contributed by atoms with Crippen molar-refractivity contribution in [3.05, 3.63) is 77.3 Å². The Morgan fingerprint density at radius 1 is 1.06 bits per heavy atom. The number of nitrogens with zero attached hydrogens (tertiary/aromatic N) is 4. The van der Waals surface area contributed by atoms with Crippen LogP contribution in [0, 0.1) is 6.92 Å². The SMILES string of the molecule is Cc1ccc(NC(=O)c2cc([C@H](C)CC(=O)c3cc(Nc4ccon4)ncn3)no2)cc1C(F)(F)F. The zero-order valence-corrected chi connectivity index (χ0v) is 19.0. The molecule has 0 bridgehead atoms. The van der Waals surface area contributed by atoms with E-state index in [1.807, 2.05) is 0 Å². The lowest BCUT2D eigenvalue weighted by molar-refractivity contribution is -0.138. The summed E-state index contributed by atoms with van der Waals surface area (Å²) in [7, 11) is 0. The summed E-state index contributed by atoms with van der Waals surface area (Å²) in [4.78, 5) is 33.2.